The Morgan fingerprint density at radius 1 is 1.30 bits per heavy atom. The average Bonchev–Trinajstić information content (AvgIpc) is 2.90. The van der Waals surface area contributed by atoms with Crippen molar-refractivity contribution in [2.24, 2.45) is 5.92 Å². The van der Waals surface area contributed by atoms with Crippen LogP contribution in [0.1, 0.15) is 38.2 Å². The molecular weight excluding hydrogens is 295 g/mol. The molecule has 0 radical (unpaired) electrons. The summed E-state index contributed by atoms with van der Waals surface area (Å²) < 4.78 is 13.8. The van der Waals surface area contributed by atoms with Crippen LogP contribution in [-0.4, -0.2) is 40.7 Å². The van der Waals surface area contributed by atoms with Crippen molar-refractivity contribution in [1.82, 2.24) is 9.80 Å². The topological polar surface area (TPSA) is 40.6 Å². The van der Waals surface area contributed by atoms with Gasteiger partial charge in [0.25, 0.3) is 0 Å². The van der Waals surface area contributed by atoms with Gasteiger partial charge in [0.05, 0.1) is 5.92 Å². The fourth-order valence-electron chi connectivity index (χ4n) is 3.58. The van der Waals surface area contributed by atoms with Gasteiger partial charge in [0.2, 0.25) is 11.8 Å². The van der Waals surface area contributed by atoms with Crippen molar-refractivity contribution in [3.63, 3.8) is 0 Å². The molecule has 3 rings (SSSR count). The summed E-state index contributed by atoms with van der Waals surface area (Å²) in [5.74, 6) is -0.563. The van der Waals surface area contributed by atoms with Gasteiger partial charge in [-0.15, -0.1) is 0 Å². The van der Waals surface area contributed by atoms with E-state index in [-0.39, 0.29) is 42.6 Å². The molecule has 2 atom stereocenters. The molecule has 5 heteroatoms. The Bertz CT molecular complexity index is 604. The maximum Gasteiger partial charge on any atom is 0.228 e. The molecule has 124 valence electrons. The van der Waals surface area contributed by atoms with Crippen LogP contribution in [0.3, 0.4) is 0 Å². The Morgan fingerprint density at radius 2 is 2.09 bits per heavy atom. The number of halogens is 1. The molecular formula is C18H23FN2O2. The molecule has 0 N–H and O–H groups in total. The molecule has 0 spiro atoms. The van der Waals surface area contributed by atoms with Crippen molar-refractivity contribution in [1.29, 1.82) is 0 Å². The SMILES string of the molecule is C[C@@H]1CCCCN1C(=O)[C@@H]1CC(=O)N(Cc2ccccc2F)C1. The number of amides is 2. The highest BCUT2D eigenvalue weighted by molar-refractivity contribution is 5.89. The highest BCUT2D eigenvalue weighted by Crippen LogP contribution is 2.26. The highest BCUT2D eigenvalue weighted by atomic mass is 19.1. The summed E-state index contributed by atoms with van der Waals surface area (Å²) in [4.78, 5) is 28.4. The van der Waals surface area contributed by atoms with Gasteiger partial charge >= 0.3 is 0 Å². The summed E-state index contributed by atoms with van der Waals surface area (Å²) in [6.07, 6.45) is 3.48. The van der Waals surface area contributed by atoms with Gasteiger partial charge in [0.1, 0.15) is 5.82 Å². The van der Waals surface area contributed by atoms with Gasteiger partial charge in [0.15, 0.2) is 0 Å². The van der Waals surface area contributed by atoms with Gasteiger partial charge in [-0.05, 0) is 32.3 Å². The molecule has 1 aromatic carbocycles. The van der Waals surface area contributed by atoms with Crippen molar-refractivity contribution >= 4 is 11.8 Å². The lowest BCUT2D eigenvalue weighted by atomic mass is 9.99. The minimum Gasteiger partial charge on any atom is -0.340 e. The highest BCUT2D eigenvalue weighted by Gasteiger charge is 2.38. The van der Waals surface area contributed by atoms with E-state index in [0.717, 1.165) is 25.8 Å². The molecule has 2 saturated heterocycles. The molecule has 2 heterocycles. The summed E-state index contributed by atoms with van der Waals surface area (Å²) in [5.41, 5.74) is 0.500. The predicted molar refractivity (Wildman–Crippen MR) is 85.0 cm³/mol. The second kappa shape index (κ2) is 6.69. The fraction of sp³-hybridized carbons (Fsp3) is 0.556. The predicted octanol–water partition coefficient (Wildman–Crippen LogP) is 2.58. The molecule has 0 unspecified atom stereocenters. The lowest BCUT2D eigenvalue weighted by molar-refractivity contribution is -0.139. The van der Waals surface area contributed by atoms with E-state index in [4.69, 9.17) is 0 Å². The van der Waals surface area contributed by atoms with Crippen LogP contribution in [0.4, 0.5) is 4.39 Å². The van der Waals surface area contributed by atoms with Crippen LogP contribution in [0.5, 0.6) is 0 Å². The Hall–Kier alpha value is -1.91. The second-order valence-electron chi connectivity index (χ2n) is 6.64. The second-order valence-corrected chi connectivity index (χ2v) is 6.64. The van der Waals surface area contributed by atoms with Crippen molar-refractivity contribution in [2.45, 2.75) is 45.2 Å². The smallest absolute Gasteiger partial charge is 0.228 e. The monoisotopic (exact) mass is 318 g/mol. The molecule has 0 bridgehead atoms. The number of piperidine rings is 1. The first-order chi connectivity index (χ1) is 11.1. The summed E-state index contributed by atoms with van der Waals surface area (Å²) in [6.45, 7) is 3.50. The zero-order valence-corrected chi connectivity index (χ0v) is 13.5. The molecule has 0 aliphatic carbocycles. The van der Waals surface area contributed by atoms with E-state index in [1.165, 1.54) is 6.07 Å². The first-order valence-electron chi connectivity index (χ1n) is 8.38. The molecule has 0 aromatic heterocycles. The van der Waals surface area contributed by atoms with Crippen LogP contribution < -0.4 is 0 Å². The van der Waals surface area contributed by atoms with Crippen LogP contribution >= 0.6 is 0 Å². The minimum atomic E-state index is -0.306. The number of carbonyl (C=O) groups excluding carboxylic acids is 2. The van der Waals surface area contributed by atoms with E-state index in [1.54, 1.807) is 23.1 Å². The largest absolute Gasteiger partial charge is 0.340 e. The third-order valence-corrected chi connectivity index (χ3v) is 4.97. The molecule has 4 nitrogen and oxygen atoms in total. The maximum atomic E-state index is 13.8. The number of hydrogen-bond donors (Lipinski definition) is 0. The maximum absolute atomic E-state index is 13.8. The zero-order valence-electron chi connectivity index (χ0n) is 13.5. The molecule has 2 fully saturated rings. The van der Waals surface area contributed by atoms with Crippen molar-refractivity contribution in [3.8, 4) is 0 Å². The summed E-state index contributed by atoms with van der Waals surface area (Å²) >= 11 is 0. The Labute approximate surface area is 136 Å². The van der Waals surface area contributed by atoms with E-state index in [0.29, 0.717) is 12.1 Å². The number of benzene rings is 1. The number of hydrogen-bond acceptors (Lipinski definition) is 2. The molecule has 2 aliphatic heterocycles. The van der Waals surface area contributed by atoms with Gasteiger partial charge < -0.3 is 9.80 Å². The lowest BCUT2D eigenvalue weighted by Crippen LogP contribution is -2.45. The van der Waals surface area contributed by atoms with Crippen LogP contribution in [-0.2, 0) is 16.1 Å². The Kier molecular flexibility index (Phi) is 4.64. The third-order valence-electron chi connectivity index (χ3n) is 4.97. The molecule has 2 amide bonds. The Morgan fingerprint density at radius 3 is 2.83 bits per heavy atom. The van der Waals surface area contributed by atoms with Crippen LogP contribution in [0.25, 0.3) is 0 Å². The standard InChI is InChI=1S/C18H23FN2O2/c1-13-6-4-5-9-21(13)18(23)15-10-17(22)20(12-15)11-14-7-2-3-8-16(14)19/h2-3,7-8,13,15H,4-6,9-12H2,1H3/t13-,15-/m1/s1. The van der Waals surface area contributed by atoms with Gasteiger partial charge in [-0.1, -0.05) is 18.2 Å². The first kappa shape index (κ1) is 16.0. The average molecular weight is 318 g/mol. The number of nitrogens with zero attached hydrogens (tertiary/aromatic N) is 2. The van der Waals surface area contributed by atoms with Crippen molar-refractivity contribution in [2.75, 3.05) is 13.1 Å². The van der Waals surface area contributed by atoms with E-state index in [1.807, 2.05) is 4.90 Å². The quantitative estimate of drug-likeness (QED) is 0.859. The number of rotatable bonds is 3. The van der Waals surface area contributed by atoms with Gasteiger partial charge in [-0.25, -0.2) is 4.39 Å². The van der Waals surface area contributed by atoms with E-state index < -0.39 is 0 Å². The van der Waals surface area contributed by atoms with Crippen LogP contribution in [0, 0.1) is 11.7 Å². The normalized spacial score (nSPS) is 25.0. The number of likely N-dealkylation sites (tertiary alicyclic amines) is 2. The molecule has 1 aromatic rings. The first-order valence-corrected chi connectivity index (χ1v) is 8.38. The molecule has 23 heavy (non-hydrogen) atoms. The van der Waals surface area contributed by atoms with Gasteiger partial charge in [-0.3, -0.25) is 9.59 Å². The molecule has 2 aliphatic rings. The van der Waals surface area contributed by atoms with Crippen LogP contribution in [0.2, 0.25) is 0 Å². The van der Waals surface area contributed by atoms with Crippen molar-refractivity contribution < 1.29 is 14.0 Å². The Balaban J connectivity index is 1.65. The minimum absolute atomic E-state index is 0.0590. The number of carbonyl (C=O) groups is 2. The summed E-state index contributed by atoms with van der Waals surface area (Å²) in [5, 5.41) is 0. The lowest BCUT2D eigenvalue weighted by Gasteiger charge is -2.35. The van der Waals surface area contributed by atoms with Crippen molar-refractivity contribution in [3.05, 3.63) is 35.6 Å². The van der Waals surface area contributed by atoms with E-state index in [9.17, 15) is 14.0 Å². The van der Waals surface area contributed by atoms with Gasteiger partial charge in [0, 0.05) is 37.7 Å². The van der Waals surface area contributed by atoms with E-state index in [2.05, 4.69) is 6.92 Å². The van der Waals surface area contributed by atoms with Crippen LogP contribution in [0.15, 0.2) is 24.3 Å². The summed E-state index contributed by atoms with van der Waals surface area (Å²) in [7, 11) is 0. The fourth-order valence-corrected chi connectivity index (χ4v) is 3.58. The molecule has 0 saturated carbocycles. The summed E-state index contributed by atoms with van der Waals surface area (Å²) in [6, 6.07) is 6.73. The van der Waals surface area contributed by atoms with Gasteiger partial charge in [-0.2, -0.15) is 0 Å². The zero-order chi connectivity index (χ0) is 16.4. The van der Waals surface area contributed by atoms with E-state index >= 15 is 0 Å². The third kappa shape index (κ3) is 3.38.